The molecule has 0 spiro atoms. The fourth-order valence-electron chi connectivity index (χ4n) is 1.35. The minimum absolute atomic E-state index is 0.203. The number of rotatable bonds is 1. The van der Waals surface area contributed by atoms with Gasteiger partial charge in [-0.05, 0) is 52.4 Å². The maximum Gasteiger partial charge on any atom is 0.132 e. The maximum absolute atomic E-state index is 13.6. The molecule has 3 heteroatoms. The number of hydrogen-bond donors (Lipinski definition) is 0. The lowest BCUT2D eigenvalue weighted by Gasteiger charge is -2.03. The highest BCUT2D eigenvalue weighted by Crippen LogP contribution is 2.25. The minimum Gasteiger partial charge on any atom is -0.206 e. The van der Waals surface area contributed by atoms with Gasteiger partial charge in [0.15, 0.2) is 0 Å². The zero-order chi connectivity index (χ0) is 10.8. The van der Waals surface area contributed by atoms with Gasteiger partial charge in [-0.15, -0.1) is 0 Å². The quantitative estimate of drug-likeness (QED) is 0.623. The molecule has 0 bridgehead atoms. The second-order valence-electron chi connectivity index (χ2n) is 3.13. The molecule has 0 saturated carbocycles. The van der Waals surface area contributed by atoms with Gasteiger partial charge in [0.1, 0.15) is 5.82 Å². The topological polar surface area (TPSA) is 0 Å². The molecule has 2 aromatic carbocycles. The van der Waals surface area contributed by atoms with Gasteiger partial charge in [-0.25, -0.2) is 4.39 Å². The molecule has 0 aromatic heterocycles. The van der Waals surface area contributed by atoms with Gasteiger partial charge in [-0.3, -0.25) is 0 Å². The van der Waals surface area contributed by atoms with Crippen molar-refractivity contribution in [3.63, 3.8) is 0 Å². The molecule has 2 aromatic rings. The molecule has 0 fully saturated rings. The maximum atomic E-state index is 13.6. The molecule has 0 amide bonds. The minimum atomic E-state index is -0.203. The van der Waals surface area contributed by atoms with E-state index in [-0.39, 0.29) is 5.82 Å². The summed E-state index contributed by atoms with van der Waals surface area (Å²) >= 11 is 5.47. The third-order valence-electron chi connectivity index (χ3n) is 2.09. The van der Waals surface area contributed by atoms with E-state index in [0.29, 0.717) is 5.56 Å². The van der Waals surface area contributed by atoms with Crippen LogP contribution in [0.4, 0.5) is 4.39 Å². The van der Waals surface area contributed by atoms with Gasteiger partial charge >= 0.3 is 0 Å². The van der Waals surface area contributed by atoms with Gasteiger partial charge in [0.05, 0.1) is 0 Å². The molecule has 0 aliphatic heterocycles. The predicted octanol–water partition coefficient (Wildman–Crippen LogP) is 4.86. The first-order valence-electron chi connectivity index (χ1n) is 4.38. The highest BCUT2D eigenvalue weighted by molar-refractivity contribution is 14.1. The summed E-state index contributed by atoms with van der Waals surface area (Å²) in [6, 6.07) is 12.9. The fourth-order valence-corrected chi connectivity index (χ4v) is 2.05. The van der Waals surface area contributed by atoms with Gasteiger partial charge in [-0.2, -0.15) is 0 Å². The molecule has 0 heterocycles. The van der Waals surface area contributed by atoms with Crippen LogP contribution in [0, 0.1) is 9.39 Å². The van der Waals surface area contributed by atoms with Crippen molar-refractivity contribution >= 4 is 38.5 Å². The van der Waals surface area contributed by atoms with Crippen LogP contribution in [0.1, 0.15) is 0 Å². The average molecular weight is 377 g/mol. The van der Waals surface area contributed by atoms with Crippen LogP contribution in [0.25, 0.3) is 11.1 Å². The van der Waals surface area contributed by atoms with Crippen molar-refractivity contribution in [1.29, 1.82) is 0 Å². The van der Waals surface area contributed by atoms with E-state index in [4.69, 9.17) is 0 Å². The third-order valence-corrected chi connectivity index (χ3v) is 3.30. The molecule has 0 aliphatic carbocycles. The Morgan fingerprint density at radius 1 is 1.00 bits per heavy atom. The largest absolute Gasteiger partial charge is 0.206 e. The molecule has 0 unspecified atom stereocenters. The van der Waals surface area contributed by atoms with Crippen molar-refractivity contribution < 1.29 is 4.39 Å². The predicted molar refractivity (Wildman–Crippen MR) is 72.3 cm³/mol. The second-order valence-corrected chi connectivity index (χ2v) is 5.29. The van der Waals surface area contributed by atoms with Crippen LogP contribution in [0.3, 0.4) is 0 Å². The first kappa shape index (κ1) is 11.1. The van der Waals surface area contributed by atoms with Crippen molar-refractivity contribution in [2.45, 2.75) is 0 Å². The van der Waals surface area contributed by atoms with Crippen molar-refractivity contribution in [3.8, 4) is 11.1 Å². The van der Waals surface area contributed by atoms with E-state index in [9.17, 15) is 4.39 Å². The lowest BCUT2D eigenvalue weighted by molar-refractivity contribution is 0.630. The van der Waals surface area contributed by atoms with E-state index in [1.54, 1.807) is 6.07 Å². The monoisotopic (exact) mass is 376 g/mol. The summed E-state index contributed by atoms with van der Waals surface area (Å²) in [5.41, 5.74) is 1.54. The summed E-state index contributed by atoms with van der Waals surface area (Å²) in [6.07, 6.45) is 0. The Labute approximate surface area is 110 Å². The summed E-state index contributed by atoms with van der Waals surface area (Å²) < 4.78 is 15.5. The number of halogens is 3. The lowest BCUT2D eigenvalue weighted by Crippen LogP contribution is -1.84. The lowest BCUT2D eigenvalue weighted by atomic mass is 10.1. The molecule has 2 rings (SSSR count). The molecule has 0 N–H and O–H groups in total. The van der Waals surface area contributed by atoms with Gasteiger partial charge in [0.2, 0.25) is 0 Å². The summed E-state index contributed by atoms with van der Waals surface area (Å²) in [4.78, 5) is 0. The molecule has 0 aliphatic rings. The van der Waals surface area contributed by atoms with Crippen LogP contribution in [0.15, 0.2) is 46.9 Å². The first-order chi connectivity index (χ1) is 7.16. The highest BCUT2D eigenvalue weighted by atomic mass is 127. The molecular weight excluding hydrogens is 370 g/mol. The Hall–Kier alpha value is -0.420. The molecule has 15 heavy (non-hydrogen) atoms. The SMILES string of the molecule is Fc1cc(Br)ccc1-c1ccc(I)cc1. The van der Waals surface area contributed by atoms with E-state index in [0.717, 1.165) is 13.6 Å². The van der Waals surface area contributed by atoms with E-state index in [2.05, 4.69) is 38.5 Å². The Bertz CT molecular complexity index is 479. The van der Waals surface area contributed by atoms with E-state index in [1.807, 2.05) is 30.3 Å². The molecule has 0 nitrogen and oxygen atoms in total. The Morgan fingerprint density at radius 3 is 2.27 bits per heavy atom. The van der Waals surface area contributed by atoms with Crippen molar-refractivity contribution in [3.05, 3.63) is 56.3 Å². The first-order valence-corrected chi connectivity index (χ1v) is 6.25. The summed E-state index contributed by atoms with van der Waals surface area (Å²) in [5.74, 6) is -0.203. The summed E-state index contributed by atoms with van der Waals surface area (Å²) in [5, 5.41) is 0. The van der Waals surface area contributed by atoms with Crippen LogP contribution in [-0.2, 0) is 0 Å². The molecule has 76 valence electrons. The molecule has 0 radical (unpaired) electrons. The Morgan fingerprint density at radius 2 is 1.67 bits per heavy atom. The van der Waals surface area contributed by atoms with Crippen LogP contribution in [0.2, 0.25) is 0 Å². The van der Waals surface area contributed by atoms with Gasteiger partial charge < -0.3 is 0 Å². The summed E-state index contributed by atoms with van der Waals surface area (Å²) in [7, 11) is 0. The normalized spacial score (nSPS) is 10.3. The molecular formula is C12H7BrFI. The van der Waals surface area contributed by atoms with Crippen molar-refractivity contribution in [1.82, 2.24) is 0 Å². The summed E-state index contributed by atoms with van der Waals surface area (Å²) in [6.45, 7) is 0. The van der Waals surface area contributed by atoms with E-state index in [1.165, 1.54) is 6.07 Å². The van der Waals surface area contributed by atoms with Gasteiger partial charge in [0, 0.05) is 13.6 Å². The van der Waals surface area contributed by atoms with Gasteiger partial charge in [0.25, 0.3) is 0 Å². The average Bonchev–Trinajstić information content (AvgIpc) is 2.20. The number of hydrogen-bond acceptors (Lipinski definition) is 0. The second kappa shape index (κ2) is 4.61. The molecule has 0 atom stereocenters. The van der Waals surface area contributed by atoms with E-state index < -0.39 is 0 Å². The van der Waals surface area contributed by atoms with Gasteiger partial charge in [-0.1, -0.05) is 34.1 Å². The Balaban J connectivity index is 2.49. The van der Waals surface area contributed by atoms with Crippen LogP contribution >= 0.6 is 38.5 Å². The van der Waals surface area contributed by atoms with Crippen LogP contribution in [0.5, 0.6) is 0 Å². The van der Waals surface area contributed by atoms with Crippen molar-refractivity contribution in [2.24, 2.45) is 0 Å². The number of benzene rings is 2. The smallest absolute Gasteiger partial charge is 0.132 e. The fraction of sp³-hybridized carbons (Fsp3) is 0. The van der Waals surface area contributed by atoms with Crippen LogP contribution in [-0.4, -0.2) is 0 Å². The zero-order valence-corrected chi connectivity index (χ0v) is 11.4. The van der Waals surface area contributed by atoms with E-state index >= 15 is 0 Å². The standard InChI is InChI=1S/C12H7BrFI/c13-9-3-6-11(12(14)7-9)8-1-4-10(15)5-2-8/h1-7H. The van der Waals surface area contributed by atoms with Crippen molar-refractivity contribution in [2.75, 3.05) is 0 Å². The third kappa shape index (κ3) is 2.58. The molecule has 0 saturated heterocycles. The Kier molecular flexibility index (Phi) is 3.41. The highest BCUT2D eigenvalue weighted by Gasteiger charge is 2.04. The zero-order valence-electron chi connectivity index (χ0n) is 7.68. The van der Waals surface area contributed by atoms with Crippen LogP contribution < -0.4 is 0 Å².